The van der Waals surface area contributed by atoms with E-state index in [4.69, 9.17) is 0 Å². The lowest BCUT2D eigenvalue weighted by Gasteiger charge is -2.37. The van der Waals surface area contributed by atoms with Crippen molar-refractivity contribution in [2.75, 3.05) is 31.1 Å². The maximum absolute atomic E-state index is 12.8. The Morgan fingerprint density at radius 3 is 2.44 bits per heavy atom. The van der Waals surface area contributed by atoms with Gasteiger partial charge >= 0.3 is 6.18 Å². The predicted molar refractivity (Wildman–Crippen MR) is 93.5 cm³/mol. The van der Waals surface area contributed by atoms with Crippen LogP contribution in [0.4, 0.5) is 24.5 Å². The normalized spacial score (nSPS) is 19.4. The maximum Gasteiger partial charge on any atom is 0.416 e. The van der Waals surface area contributed by atoms with Crippen molar-refractivity contribution in [3.63, 3.8) is 0 Å². The molecular weight excluding hydrogens is 363 g/mol. The molecule has 27 heavy (non-hydrogen) atoms. The number of nitro benzene ring substituents is 1. The molecule has 148 valence electrons. The first kappa shape index (κ1) is 19.4. The molecule has 0 atom stereocenters. The summed E-state index contributed by atoms with van der Waals surface area (Å²) in [6.45, 7) is 2.53. The van der Waals surface area contributed by atoms with Crippen LogP contribution in [0.5, 0.6) is 0 Å². The number of anilines is 1. The first-order valence-electron chi connectivity index (χ1n) is 9.14. The summed E-state index contributed by atoms with van der Waals surface area (Å²) in [4.78, 5) is 26.1. The van der Waals surface area contributed by atoms with Crippen LogP contribution < -0.4 is 4.90 Å². The lowest BCUT2D eigenvalue weighted by atomic mass is 9.94. The quantitative estimate of drug-likeness (QED) is 0.583. The molecule has 0 bridgehead atoms. The molecule has 0 aliphatic carbocycles. The molecule has 2 aliphatic heterocycles. The topological polar surface area (TPSA) is 66.7 Å². The van der Waals surface area contributed by atoms with Crippen molar-refractivity contribution in [3.05, 3.63) is 33.9 Å². The van der Waals surface area contributed by atoms with Gasteiger partial charge in [-0.3, -0.25) is 14.9 Å². The second-order valence-corrected chi connectivity index (χ2v) is 7.19. The highest BCUT2D eigenvalue weighted by Gasteiger charge is 2.34. The van der Waals surface area contributed by atoms with Crippen LogP contribution in [-0.2, 0) is 11.0 Å². The third kappa shape index (κ3) is 4.51. The molecule has 2 fully saturated rings. The monoisotopic (exact) mass is 385 g/mol. The minimum Gasteiger partial charge on any atom is -0.366 e. The number of likely N-dealkylation sites (tertiary alicyclic amines) is 1. The van der Waals surface area contributed by atoms with Crippen LogP contribution in [0, 0.1) is 16.0 Å². The predicted octanol–water partition coefficient (Wildman–Crippen LogP) is 3.84. The molecule has 0 aromatic heterocycles. The van der Waals surface area contributed by atoms with E-state index in [1.165, 1.54) is 6.07 Å². The van der Waals surface area contributed by atoms with Gasteiger partial charge in [-0.05, 0) is 43.7 Å². The number of carbonyl (C=O) groups is 1. The summed E-state index contributed by atoms with van der Waals surface area (Å²) < 4.78 is 38.5. The minimum absolute atomic E-state index is 0.182. The minimum atomic E-state index is -4.61. The van der Waals surface area contributed by atoms with E-state index in [1.54, 1.807) is 4.90 Å². The molecule has 2 heterocycles. The van der Waals surface area contributed by atoms with Crippen LogP contribution >= 0.6 is 0 Å². The third-order valence-electron chi connectivity index (χ3n) is 5.35. The Balaban J connectivity index is 1.67. The SMILES string of the molecule is O=C1CCCCN1CC1CCN(c2ccc(C(F)(F)F)cc2[N+](=O)[O-])CC1. The molecule has 0 radical (unpaired) electrons. The maximum atomic E-state index is 12.8. The van der Waals surface area contributed by atoms with E-state index >= 15 is 0 Å². The molecular formula is C18H22F3N3O3. The Morgan fingerprint density at radius 2 is 1.85 bits per heavy atom. The highest BCUT2D eigenvalue weighted by atomic mass is 19.4. The van der Waals surface area contributed by atoms with Crippen LogP contribution in [-0.4, -0.2) is 41.9 Å². The fraction of sp³-hybridized carbons (Fsp3) is 0.611. The summed E-state index contributed by atoms with van der Waals surface area (Å²) in [6, 6.07) is 2.68. The number of carbonyl (C=O) groups excluding carboxylic acids is 1. The molecule has 3 rings (SSSR count). The Labute approximate surface area is 155 Å². The zero-order chi connectivity index (χ0) is 19.6. The fourth-order valence-corrected chi connectivity index (χ4v) is 3.84. The zero-order valence-corrected chi connectivity index (χ0v) is 14.9. The molecule has 6 nitrogen and oxygen atoms in total. The highest BCUT2D eigenvalue weighted by molar-refractivity contribution is 5.76. The lowest BCUT2D eigenvalue weighted by Crippen LogP contribution is -2.42. The van der Waals surface area contributed by atoms with Gasteiger partial charge in [-0.25, -0.2) is 0 Å². The van der Waals surface area contributed by atoms with Crippen LogP contribution in [0.1, 0.15) is 37.7 Å². The smallest absolute Gasteiger partial charge is 0.366 e. The summed E-state index contributed by atoms with van der Waals surface area (Å²) in [5.74, 6) is 0.499. The van der Waals surface area contributed by atoms with Gasteiger partial charge in [0.15, 0.2) is 0 Å². The van der Waals surface area contributed by atoms with Crippen molar-refractivity contribution in [3.8, 4) is 0 Å². The van der Waals surface area contributed by atoms with Crippen molar-refractivity contribution >= 4 is 17.3 Å². The Bertz CT molecular complexity index is 716. The number of hydrogen-bond acceptors (Lipinski definition) is 4. The highest BCUT2D eigenvalue weighted by Crippen LogP contribution is 2.37. The summed E-state index contributed by atoms with van der Waals surface area (Å²) in [5, 5.41) is 11.3. The number of nitrogens with zero attached hydrogens (tertiary/aromatic N) is 3. The van der Waals surface area contributed by atoms with Crippen LogP contribution in [0.25, 0.3) is 0 Å². The largest absolute Gasteiger partial charge is 0.416 e. The van der Waals surface area contributed by atoms with Gasteiger partial charge in [0, 0.05) is 38.7 Å². The molecule has 1 amide bonds. The van der Waals surface area contributed by atoms with Crippen LogP contribution in [0.15, 0.2) is 18.2 Å². The molecule has 0 saturated carbocycles. The van der Waals surface area contributed by atoms with Gasteiger partial charge in [-0.2, -0.15) is 13.2 Å². The molecule has 0 unspecified atom stereocenters. The van der Waals surface area contributed by atoms with Crippen molar-refractivity contribution in [2.24, 2.45) is 5.92 Å². The third-order valence-corrected chi connectivity index (χ3v) is 5.35. The van der Waals surface area contributed by atoms with E-state index < -0.39 is 22.4 Å². The molecule has 1 aromatic carbocycles. The van der Waals surface area contributed by atoms with Gasteiger partial charge in [-0.1, -0.05) is 0 Å². The molecule has 0 spiro atoms. The Hall–Kier alpha value is -2.32. The molecule has 2 saturated heterocycles. The molecule has 2 aliphatic rings. The van der Waals surface area contributed by atoms with Gasteiger partial charge in [-0.15, -0.1) is 0 Å². The summed E-state index contributed by atoms with van der Waals surface area (Å²) in [7, 11) is 0. The number of amides is 1. The van der Waals surface area contributed by atoms with Crippen LogP contribution in [0.2, 0.25) is 0 Å². The van der Waals surface area contributed by atoms with E-state index in [9.17, 15) is 28.1 Å². The van der Waals surface area contributed by atoms with E-state index in [-0.39, 0.29) is 11.6 Å². The van der Waals surface area contributed by atoms with Gasteiger partial charge in [0.2, 0.25) is 5.91 Å². The Morgan fingerprint density at radius 1 is 1.15 bits per heavy atom. The van der Waals surface area contributed by atoms with Gasteiger partial charge < -0.3 is 9.80 Å². The average molecular weight is 385 g/mol. The van der Waals surface area contributed by atoms with Crippen LogP contribution in [0.3, 0.4) is 0 Å². The van der Waals surface area contributed by atoms with Crippen molar-refractivity contribution in [1.29, 1.82) is 0 Å². The summed E-state index contributed by atoms with van der Waals surface area (Å²) in [5.41, 5.74) is -1.31. The number of nitro groups is 1. The first-order chi connectivity index (χ1) is 12.8. The number of hydrogen-bond donors (Lipinski definition) is 0. The lowest BCUT2D eigenvalue weighted by molar-refractivity contribution is -0.384. The van der Waals surface area contributed by atoms with Gasteiger partial charge in [0.1, 0.15) is 5.69 Å². The average Bonchev–Trinajstić information content (AvgIpc) is 2.63. The number of benzene rings is 1. The zero-order valence-electron chi connectivity index (χ0n) is 14.9. The van der Waals surface area contributed by atoms with Crippen molar-refractivity contribution in [2.45, 2.75) is 38.3 Å². The van der Waals surface area contributed by atoms with E-state index in [0.29, 0.717) is 38.0 Å². The fourth-order valence-electron chi connectivity index (χ4n) is 3.84. The summed E-state index contributed by atoms with van der Waals surface area (Å²) >= 11 is 0. The van der Waals surface area contributed by atoms with Crippen molar-refractivity contribution < 1.29 is 22.9 Å². The first-order valence-corrected chi connectivity index (χ1v) is 9.14. The molecule has 0 N–H and O–H groups in total. The van der Waals surface area contributed by atoms with Crippen molar-refractivity contribution in [1.82, 2.24) is 4.90 Å². The van der Waals surface area contributed by atoms with E-state index in [1.807, 2.05) is 4.90 Å². The number of rotatable bonds is 4. The molecule has 9 heteroatoms. The second kappa shape index (κ2) is 7.74. The number of piperidine rings is 2. The number of halogens is 3. The number of alkyl halides is 3. The Kier molecular flexibility index (Phi) is 5.57. The molecule has 1 aromatic rings. The van der Waals surface area contributed by atoms with E-state index in [2.05, 4.69) is 0 Å². The van der Waals surface area contributed by atoms with E-state index in [0.717, 1.165) is 38.3 Å². The standard InChI is InChI=1S/C18H22F3N3O3/c19-18(20,21)14-4-5-15(16(11-14)24(26)27)22-9-6-13(7-10-22)12-23-8-2-1-3-17(23)25/h4-5,11,13H,1-3,6-10,12H2. The second-order valence-electron chi connectivity index (χ2n) is 7.19. The van der Waals surface area contributed by atoms with Gasteiger partial charge in [0.25, 0.3) is 5.69 Å². The summed E-state index contributed by atoms with van der Waals surface area (Å²) in [6.07, 6.45) is -0.564. The van der Waals surface area contributed by atoms with Gasteiger partial charge in [0.05, 0.1) is 10.5 Å².